The van der Waals surface area contributed by atoms with Crippen molar-refractivity contribution in [2.45, 2.75) is 322 Å². The van der Waals surface area contributed by atoms with Crippen molar-refractivity contribution in [1.29, 1.82) is 0 Å². The Bertz CT molecular complexity index is 1430. The van der Waals surface area contributed by atoms with Gasteiger partial charge in [-0.05, 0) is 96.3 Å². The Kier molecular flexibility index (Phi) is 60.3. The first kappa shape index (κ1) is 71.6. The quantitative estimate of drug-likeness (QED) is 0.0261. The Labute approximate surface area is 465 Å². The predicted molar refractivity (Wildman–Crippen MR) is 325 cm³/mol. The van der Waals surface area contributed by atoms with Crippen LogP contribution in [0.1, 0.15) is 316 Å². The highest BCUT2D eigenvalue weighted by Gasteiger charge is 2.19. The average molecular weight is 1050 g/mol. The highest BCUT2D eigenvalue weighted by molar-refractivity contribution is 5.71. The normalized spacial score (nSPS) is 12.6. The smallest absolute Gasteiger partial charge is 0.306 e. The molecule has 0 aliphatic rings. The van der Waals surface area contributed by atoms with Crippen molar-refractivity contribution in [3.63, 3.8) is 0 Å². The van der Waals surface area contributed by atoms with Crippen molar-refractivity contribution in [1.82, 2.24) is 0 Å². The lowest BCUT2D eigenvalue weighted by Crippen LogP contribution is -2.30. The van der Waals surface area contributed by atoms with E-state index >= 15 is 0 Å². The minimum atomic E-state index is -0.781. The van der Waals surface area contributed by atoms with Gasteiger partial charge in [-0.25, -0.2) is 0 Å². The number of hydrogen-bond acceptors (Lipinski definition) is 6. The molecule has 0 aromatic carbocycles. The first-order chi connectivity index (χ1) is 37.0. The van der Waals surface area contributed by atoms with Crippen LogP contribution in [-0.4, -0.2) is 37.2 Å². The lowest BCUT2D eigenvalue weighted by atomic mass is 10.0. The minimum absolute atomic E-state index is 0.0776. The van der Waals surface area contributed by atoms with E-state index in [4.69, 9.17) is 14.2 Å². The zero-order valence-corrected chi connectivity index (χ0v) is 49.6. The molecule has 0 saturated carbocycles. The van der Waals surface area contributed by atoms with E-state index in [9.17, 15) is 14.4 Å². The van der Waals surface area contributed by atoms with Crippen molar-refractivity contribution in [2.75, 3.05) is 13.2 Å². The van der Waals surface area contributed by atoms with Gasteiger partial charge in [-0.15, -0.1) is 0 Å². The molecule has 0 saturated heterocycles. The summed E-state index contributed by atoms with van der Waals surface area (Å²) in [4.78, 5) is 38.3. The Hall–Kier alpha value is -3.41. The molecule has 75 heavy (non-hydrogen) atoms. The highest BCUT2D eigenvalue weighted by atomic mass is 16.6. The second kappa shape index (κ2) is 63.1. The molecule has 1 unspecified atom stereocenters. The van der Waals surface area contributed by atoms with Crippen LogP contribution in [-0.2, 0) is 28.6 Å². The predicted octanol–water partition coefficient (Wildman–Crippen LogP) is 21.9. The van der Waals surface area contributed by atoms with Crippen LogP contribution < -0.4 is 0 Å². The fourth-order valence-electron chi connectivity index (χ4n) is 9.09. The maximum atomic E-state index is 12.9. The number of esters is 3. The summed E-state index contributed by atoms with van der Waals surface area (Å²) in [7, 11) is 0. The topological polar surface area (TPSA) is 78.9 Å². The van der Waals surface area contributed by atoms with Crippen molar-refractivity contribution in [2.24, 2.45) is 0 Å². The van der Waals surface area contributed by atoms with E-state index in [-0.39, 0.29) is 31.1 Å². The van der Waals surface area contributed by atoms with Gasteiger partial charge in [-0.2, -0.15) is 0 Å². The standard InChI is InChI=1S/C69H120O6/c1-4-7-10-13-16-19-22-25-27-29-31-32-33-34-35-36-37-38-39-41-42-44-47-50-53-56-59-62-68(71)74-65-66(64-73-67(70)61-58-55-52-49-46-24-21-18-15-12-9-6-3)75-69(72)63-60-57-54-51-48-45-43-40-30-28-26-23-20-17-14-11-8-5-2/h7,10,16,19,25,27-28,30-32,34-35,37-38,66H,4-6,8-9,11-15,17-18,20-24,26,29,33,36,39-65H2,1-3H3/b10-7-,19-16-,27-25-,30-28-,32-31-,35-34-,38-37-. The van der Waals surface area contributed by atoms with E-state index < -0.39 is 6.10 Å². The number of hydrogen-bond donors (Lipinski definition) is 0. The Morgan fingerprint density at radius 1 is 0.280 bits per heavy atom. The molecule has 0 radical (unpaired) electrons. The molecular formula is C69H120O6. The average Bonchev–Trinajstić information content (AvgIpc) is 3.41. The van der Waals surface area contributed by atoms with Gasteiger partial charge < -0.3 is 14.2 Å². The van der Waals surface area contributed by atoms with Crippen LogP contribution in [0.3, 0.4) is 0 Å². The zero-order chi connectivity index (χ0) is 54.3. The summed E-state index contributed by atoms with van der Waals surface area (Å²) in [5, 5.41) is 0. The van der Waals surface area contributed by atoms with E-state index in [1.54, 1.807) is 0 Å². The van der Waals surface area contributed by atoms with E-state index in [1.807, 2.05) is 0 Å². The fraction of sp³-hybridized carbons (Fsp3) is 0.754. The van der Waals surface area contributed by atoms with Gasteiger partial charge in [0.25, 0.3) is 0 Å². The van der Waals surface area contributed by atoms with Gasteiger partial charge in [0, 0.05) is 19.3 Å². The molecule has 6 heteroatoms. The monoisotopic (exact) mass is 1040 g/mol. The summed E-state index contributed by atoms with van der Waals surface area (Å²) in [5.41, 5.74) is 0. The molecule has 6 nitrogen and oxygen atoms in total. The summed E-state index contributed by atoms with van der Waals surface area (Å²) >= 11 is 0. The largest absolute Gasteiger partial charge is 0.462 e. The van der Waals surface area contributed by atoms with Crippen molar-refractivity contribution in [3.05, 3.63) is 85.1 Å². The summed E-state index contributed by atoms with van der Waals surface area (Å²) in [6.45, 7) is 6.54. The Morgan fingerprint density at radius 2 is 0.520 bits per heavy atom. The molecule has 0 heterocycles. The van der Waals surface area contributed by atoms with Gasteiger partial charge in [-0.3, -0.25) is 14.4 Å². The van der Waals surface area contributed by atoms with Crippen LogP contribution in [0.25, 0.3) is 0 Å². The summed E-state index contributed by atoms with van der Waals surface area (Å²) in [6, 6.07) is 0. The summed E-state index contributed by atoms with van der Waals surface area (Å²) < 4.78 is 16.9. The number of allylic oxidation sites excluding steroid dienone is 14. The summed E-state index contributed by atoms with van der Waals surface area (Å²) in [6.07, 6.45) is 83.0. The van der Waals surface area contributed by atoms with Gasteiger partial charge in [0.15, 0.2) is 6.10 Å². The molecule has 0 aromatic rings. The van der Waals surface area contributed by atoms with Crippen LogP contribution in [0.2, 0.25) is 0 Å². The Balaban J connectivity index is 4.30. The molecule has 0 amide bonds. The fourth-order valence-corrected chi connectivity index (χ4v) is 9.09. The first-order valence-corrected chi connectivity index (χ1v) is 32.1. The maximum absolute atomic E-state index is 12.9. The van der Waals surface area contributed by atoms with Crippen LogP contribution in [0.15, 0.2) is 85.1 Å². The number of carbonyl (C=O) groups excluding carboxylic acids is 3. The van der Waals surface area contributed by atoms with Gasteiger partial charge in [0.2, 0.25) is 0 Å². The van der Waals surface area contributed by atoms with E-state index in [1.165, 1.54) is 173 Å². The second-order valence-corrected chi connectivity index (χ2v) is 21.3. The molecule has 432 valence electrons. The summed E-state index contributed by atoms with van der Waals surface area (Å²) in [5.74, 6) is -0.878. The van der Waals surface area contributed by atoms with Crippen LogP contribution in [0.5, 0.6) is 0 Å². The molecule has 0 rings (SSSR count). The maximum Gasteiger partial charge on any atom is 0.306 e. The van der Waals surface area contributed by atoms with E-state index in [2.05, 4.69) is 106 Å². The van der Waals surface area contributed by atoms with Crippen molar-refractivity contribution >= 4 is 17.9 Å². The van der Waals surface area contributed by atoms with Gasteiger partial charge in [0.1, 0.15) is 13.2 Å². The third-order valence-electron chi connectivity index (χ3n) is 13.9. The van der Waals surface area contributed by atoms with Gasteiger partial charge >= 0.3 is 17.9 Å². The van der Waals surface area contributed by atoms with Crippen LogP contribution >= 0.6 is 0 Å². The number of ether oxygens (including phenoxy) is 3. The second-order valence-electron chi connectivity index (χ2n) is 21.3. The molecule has 0 aliphatic heterocycles. The number of unbranched alkanes of at least 4 members (excludes halogenated alkanes) is 33. The van der Waals surface area contributed by atoms with Crippen molar-refractivity contribution < 1.29 is 28.6 Å². The Morgan fingerprint density at radius 3 is 0.827 bits per heavy atom. The SMILES string of the molecule is CC/C=C\C/C=C\C/C=C\C/C=C\C/C=C\C/C=C\CCCCCCCCCCC(=O)OCC(COC(=O)CCCCCCCCCCCCCC)OC(=O)CCCCCCCCC/C=C\CCCCCCCCC. The lowest BCUT2D eigenvalue weighted by molar-refractivity contribution is -0.167. The molecular weight excluding hydrogens is 925 g/mol. The molecule has 0 spiro atoms. The molecule has 0 fully saturated rings. The third-order valence-corrected chi connectivity index (χ3v) is 13.9. The van der Waals surface area contributed by atoms with Crippen LogP contribution in [0, 0.1) is 0 Å². The van der Waals surface area contributed by atoms with Crippen LogP contribution in [0.4, 0.5) is 0 Å². The van der Waals surface area contributed by atoms with Gasteiger partial charge in [-0.1, -0.05) is 286 Å². The molecule has 0 aromatic heterocycles. The highest BCUT2D eigenvalue weighted by Crippen LogP contribution is 2.16. The van der Waals surface area contributed by atoms with E-state index in [0.717, 1.165) is 103 Å². The van der Waals surface area contributed by atoms with E-state index in [0.29, 0.717) is 19.3 Å². The third kappa shape index (κ3) is 61.3. The lowest BCUT2D eigenvalue weighted by Gasteiger charge is -2.18. The molecule has 0 bridgehead atoms. The minimum Gasteiger partial charge on any atom is -0.462 e. The molecule has 0 aliphatic carbocycles. The molecule has 0 N–H and O–H groups in total. The molecule has 1 atom stereocenters. The van der Waals surface area contributed by atoms with Gasteiger partial charge in [0.05, 0.1) is 0 Å². The van der Waals surface area contributed by atoms with Crippen molar-refractivity contribution in [3.8, 4) is 0 Å². The number of carbonyl (C=O) groups is 3. The number of rotatable bonds is 58. The first-order valence-electron chi connectivity index (χ1n) is 32.1. The zero-order valence-electron chi connectivity index (χ0n) is 49.6.